The van der Waals surface area contributed by atoms with Gasteiger partial charge in [-0.05, 0) is 99.9 Å². The molecule has 2 nitrogen and oxygen atoms in total. The van der Waals surface area contributed by atoms with E-state index < -0.39 is 0 Å². The zero-order valence-corrected chi connectivity index (χ0v) is 17.6. The van der Waals surface area contributed by atoms with E-state index in [2.05, 4.69) is 60.7 Å². The molecule has 0 radical (unpaired) electrons. The monoisotopic (exact) mass is 402 g/mol. The summed E-state index contributed by atoms with van der Waals surface area (Å²) in [4.78, 5) is 0. The van der Waals surface area contributed by atoms with Gasteiger partial charge in [0.2, 0.25) is 0 Å². The quantitative estimate of drug-likeness (QED) is 0.400. The molecule has 152 valence electrons. The summed E-state index contributed by atoms with van der Waals surface area (Å²) in [6.07, 6.45) is 4.68. The number of nitrogens with two attached hydrogens (primary N) is 2. The Balaban J connectivity index is 1.27. The minimum atomic E-state index is 0.337. The maximum absolute atomic E-state index is 5.86. The Morgan fingerprint density at radius 2 is 0.774 bits per heavy atom. The molecule has 4 N–H and O–H groups in total. The van der Waals surface area contributed by atoms with E-state index in [0.717, 1.165) is 24.2 Å². The van der Waals surface area contributed by atoms with Gasteiger partial charge < -0.3 is 11.5 Å². The van der Waals surface area contributed by atoms with Crippen LogP contribution in [-0.4, -0.2) is 0 Å². The molecule has 0 heterocycles. The number of hydrogen-bond acceptors (Lipinski definition) is 2. The van der Waals surface area contributed by atoms with Crippen LogP contribution in [0.2, 0.25) is 0 Å². The summed E-state index contributed by atoms with van der Waals surface area (Å²) in [5.41, 5.74) is 24.8. The number of fused-ring (bicyclic) bond motifs is 2. The molecule has 31 heavy (non-hydrogen) atoms. The van der Waals surface area contributed by atoms with Gasteiger partial charge in [0.1, 0.15) is 0 Å². The Kier molecular flexibility index (Phi) is 3.97. The zero-order chi connectivity index (χ0) is 21.0. The Labute approximate surface area is 183 Å². The molecule has 6 rings (SSSR count). The third-order valence-corrected chi connectivity index (χ3v) is 7.16. The molecule has 2 aliphatic rings. The first kappa shape index (κ1) is 18.3. The molecule has 0 atom stereocenters. The third-order valence-electron chi connectivity index (χ3n) is 7.16. The minimum Gasteiger partial charge on any atom is -0.399 e. The molecular formula is C29H26N2. The molecule has 2 aliphatic carbocycles. The summed E-state index contributed by atoms with van der Waals surface area (Å²) in [6, 6.07) is 30.4. The van der Waals surface area contributed by atoms with Gasteiger partial charge in [-0.3, -0.25) is 0 Å². The van der Waals surface area contributed by atoms with Gasteiger partial charge in [0, 0.05) is 11.4 Å². The van der Waals surface area contributed by atoms with Crippen LogP contribution < -0.4 is 11.5 Å². The summed E-state index contributed by atoms with van der Waals surface area (Å²) < 4.78 is 0. The lowest BCUT2D eigenvalue weighted by molar-refractivity contribution is 0.326. The molecule has 4 aromatic rings. The van der Waals surface area contributed by atoms with Crippen molar-refractivity contribution in [2.45, 2.75) is 25.7 Å². The topological polar surface area (TPSA) is 52.0 Å². The van der Waals surface area contributed by atoms with Gasteiger partial charge in [-0.25, -0.2) is 0 Å². The molecule has 0 fully saturated rings. The smallest absolute Gasteiger partial charge is 0.0314 e. The number of hydrogen-bond donors (Lipinski definition) is 2. The van der Waals surface area contributed by atoms with E-state index in [1.54, 1.807) is 0 Å². The number of rotatable bonds is 2. The van der Waals surface area contributed by atoms with E-state index >= 15 is 0 Å². The van der Waals surface area contributed by atoms with E-state index in [4.69, 9.17) is 11.5 Å². The molecular weight excluding hydrogens is 376 g/mol. The third kappa shape index (κ3) is 3.19. The molecule has 0 saturated heterocycles. The van der Waals surface area contributed by atoms with Gasteiger partial charge in [-0.1, -0.05) is 60.7 Å². The first-order chi connectivity index (χ1) is 15.1. The van der Waals surface area contributed by atoms with Crippen LogP contribution in [0.25, 0.3) is 22.3 Å². The molecule has 0 bridgehead atoms. The highest BCUT2D eigenvalue weighted by Crippen LogP contribution is 2.48. The average molecular weight is 403 g/mol. The van der Waals surface area contributed by atoms with E-state index in [0.29, 0.717) is 5.41 Å². The Morgan fingerprint density at radius 3 is 1.19 bits per heavy atom. The van der Waals surface area contributed by atoms with E-state index in [9.17, 15) is 0 Å². The van der Waals surface area contributed by atoms with Gasteiger partial charge in [0.05, 0.1) is 0 Å². The summed E-state index contributed by atoms with van der Waals surface area (Å²) in [5.74, 6) is 0. The average Bonchev–Trinajstić information content (AvgIpc) is 3.31. The van der Waals surface area contributed by atoms with E-state index in [1.165, 1.54) is 57.3 Å². The second-order valence-electron chi connectivity index (χ2n) is 9.42. The van der Waals surface area contributed by atoms with E-state index in [1.807, 2.05) is 24.3 Å². The summed E-state index contributed by atoms with van der Waals surface area (Å²) in [5, 5.41) is 0. The van der Waals surface area contributed by atoms with Crippen molar-refractivity contribution in [1.29, 1.82) is 0 Å². The van der Waals surface area contributed by atoms with Crippen LogP contribution in [0.3, 0.4) is 0 Å². The molecule has 0 aromatic heterocycles. The van der Waals surface area contributed by atoms with Gasteiger partial charge in [0.25, 0.3) is 0 Å². The maximum Gasteiger partial charge on any atom is 0.0314 e. The maximum atomic E-state index is 5.86. The minimum absolute atomic E-state index is 0.337. The highest BCUT2D eigenvalue weighted by atomic mass is 14.5. The highest BCUT2D eigenvalue weighted by Gasteiger charge is 2.42. The lowest BCUT2D eigenvalue weighted by atomic mass is 9.82. The predicted octanol–water partition coefficient (Wildman–Crippen LogP) is 6.07. The lowest BCUT2D eigenvalue weighted by Gasteiger charge is -2.21. The molecule has 4 aromatic carbocycles. The van der Waals surface area contributed by atoms with Crippen LogP contribution in [0, 0.1) is 5.41 Å². The fourth-order valence-electron chi connectivity index (χ4n) is 5.63. The molecule has 2 heteroatoms. The van der Waals surface area contributed by atoms with Crippen molar-refractivity contribution in [1.82, 2.24) is 0 Å². The normalized spacial score (nSPS) is 15.7. The first-order valence-electron chi connectivity index (χ1n) is 11.0. The van der Waals surface area contributed by atoms with Crippen LogP contribution in [0.4, 0.5) is 11.4 Å². The van der Waals surface area contributed by atoms with Crippen molar-refractivity contribution < 1.29 is 0 Å². The van der Waals surface area contributed by atoms with Crippen molar-refractivity contribution in [3.05, 3.63) is 107 Å². The first-order valence-corrected chi connectivity index (χ1v) is 11.0. The van der Waals surface area contributed by atoms with Crippen LogP contribution >= 0.6 is 0 Å². The SMILES string of the molecule is Nc1ccc(-c2ccc3c(c2)CC2(C3)Cc3ccc(-c4ccc(N)cc4)cc3C2)cc1. The van der Waals surface area contributed by atoms with Crippen molar-refractivity contribution >= 4 is 11.4 Å². The molecule has 1 spiro atoms. The largest absolute Gasteiger partial charge is 0.399 e. The van der Waals surface area contributed by atoms with Crippen LogP contribution in [0.5, 0.6) is 0 Å². The molecule has 0 aliphatic heterocycles. The van der Waals surface area contributed by atoms with Gasteiger partial charge in [0.15, 0.2) is 0 Å². The van der Waals surface area contributed by atoms with Crippen LogP contribution in [0.15, 0.2) is 84.9 Å². The standard InChI is InChI=1S/C29H26N2/c30-27-9-5-19(6-10-27)21-1-3-23-15-29(17-25(23)13-21)16-24-4-2-22(14-26(24)18-29)20-7-11-28(31)12-8-20/h1-14H,15-18,30-31H2. The number of benzene rings is 4. The molecule has 0 saturated carbocycles. The Bertz CT molecular complexity index is 1180. The number of nitrogen functional groups attached to an aromatic ring is 2. The highest BCUT2D eigenvalue weighted by molar-refractivity contribution is 5.69. The number of anilines is 2. The summed E-state index contributed by atoms with van der Waals surface area (Å²) in [6.45, 7) is 0. The van der Waals surface area contributed by atoms with Crippen molar-refractivity contribution in [2.75, 3.05) is 11.5 Å². The second kappa shape index (κ2) is 6.75. The lowest BCUT2D eigenvalue weighted by Crippen LogP contribution is -2.21. The Hall–Kier alpha value is -3.52. The zero-order valence-electron chi connectivity index (χ0n) is 17.6. The van der Waals surface area contributed by atoms with Crippen molar-refractivity contribution in [3.8, 4) is 22.3 Å². The molecule has 0 unspecified atom stereocenters. The fraction of sp³-hybridized carbons (Fsp3) is 0.172. The van der Waals surface area contributed by atoms with Crippen LogP contribution in [-0.2, 0) is 25.7 Å². The Morgan fingerprint density at radius 1 is 0.419 bits per heavy atom. The predicted molar refractivity (Wildman–Crippen MR) is 130 cm³/mol. The van der Waals surface area contributed by atoms with Crippen molar-refractivity contribution in [3.63, 3.8) is 0 Å². The van der Waals surface area contributed by atoms with Gasteiger partial charge in [-0.15, -0.1) is 0 Å². The van der Waals surface area contributed by atoms with Gasteiger partial charge >= 0.3 is 0 Å². The molecule has 0 amide bonds. The summed E-state index contributed by atoms with van der Waals surface area (Å²) >= 11 is 0. The second-order valence-corrected chi connectivity index (χ2v) is 9.42. The van der Waals surface area contributed by atoms with E-state index in [-0.39, 0.29) is 0 Å². The van der Waals surface area contributed by atoms with Gasteiger partial charge in [-0.2, -0.15) is 0 Å². The van der Waals surface area contributed by atoms with Crippen molar-refractivity contribution in [2.24, 2.45) is 5.41 Å². The summed E-state index contributed by atoms with van der Waals surface area (Å²) in [7, 11) is 0. The van der Waals surface area contributed by atoms with Crippen LogP contribution in [0.1, 0.15) is 22.3 Å². The fourth-order valence-corrected chi connectivity index (χ4v) is 5.63.